The highest BCUT2D eigenvalue weighted by Crippen LogP contribution is 2.05. The van der Waals surface area contributed by atoms with Crippen molar-refractivity contribution in [2.24, 2.45) is 5.10 Å². The summed E-state index contributed by atoms with van der Waals surface area (Å²) in [5, 5.41) is 4.04. The van der Waals surface area contributed by atoms with Crippen LogP contribution in [0.2, 0.25) is 0 Å². The summed E-state index contributed by atoms with van der Waals surface area (Å²) in [5.74, 6) is 1.06. The van der Waals surface area contributed by atoms with Crippen LogP contribution in [0.1, 0.15) is 17.1 Å². The van der Waals surface area contributed by atoms with Gasteiger partial charge in [0.05, 0.1) is 6.21 Å². The molecular formula is C13H13FN4. The van der Waals surface area contributed by atoms with Gasteiger partial charge in [-0.1, -0.05) is 12.1 Å². The molecule has 0 unspecified atom stereocenters. The molecule has 1 N–H and O–H groups in total. The van der Waals surface area contributed by atoms with Crippen LogP contribution in [0.15, 0.2) is 35.4 Å². The van der Waals surface area contributed by atoms with Gasteiger partial charge in [-0.25, -0.2) is 14.4 Å². The van der Waals surface area contributed by atoms with Crippen molar-refractivity contribution in [3.63, 3.8) is 0 Å². The van der Waals surface area contributed by atoms with Crippen LogP contribution in [-0.4, -0.2) is 16.2 Å². The maximum atomic E-state index is 12.7. The van der Waals surface area contributed by atoms with Gasteiger partial charge >= 0.3 is 0 Å². The summed E-state index contributed by atoms with van der Waals surface area (Å²) in [6, 6.07) is 7.88. The summed E-state index contributed by atoms with van der Waals surface area (Å²) in [5.41, 5.74) is 4.50. The van der Waals surface area contributed by atoms with E-state index in [2.05, 4.69) is 20.5 Å². The van der Waals surface area contributed by atoms with E-state index in [4.69, 9.17) is 0 Å². The first-order valence-electron chi connectivity index (χ1n) is 5.50. The summed E-state index contributed by atoms with van der Waals surface area (Å²) in [4.78, 5) is 8.35. The molecule has 0 aliphatic rings. The Morgan fingerprint density at radius 1 is 1.17 bits per heavy atom. The molecule has 0 aliphatic carbocycles. The molecular weight excluding hydrogens is 231 g/mol. The van der Waals surface area contributed by atoms with Gasteiger partial charge in [0, 0.05) is 11.8 Å². The number of aryl methyl sites for hydroxylation is 2. The number of hydrazone groups is 1. The molecule has 0 radical (unpaired) electrons. The zero-order valence-electron chi connectivity index (χ0n) is 10.2. The lowest BCUT2D eigenvalue weighted by Crippen LogP contribution is -1.98. The molecule has 2 rings (SSSR count). The Kier molecular flexibility index (Phi) is 3.62. The van der Waals surface area contributed by atoms with Gasteiger partial charge < -0.3 is 0 Å². The van der Waals surface area contributed by atoms with Crippen molar-refractivity contribution in [1.82, 2.24) is 9.97 Å². The molecule has 1 aromatic heterocycles. The number of rotatable bonds is 3. The Labute approximate surface area is 105 Å². The first-order valence-corrected chi connectivity index (χ1v) is 5.50. The molecule has 0 bridgehead atoms. The molecule has 18 heavy (non-hydrogen) atoms. The fraction of sp³-hybridized carbons (Fsp3) is 0.154. The highest BCUT2D eigenvalue weighted by atomic mass is 19.1. The van der Waals surface area contributed by atoms with Crippen molar-refractivity contribution < 1.29 is 4.39 Å². The highest BCUT2D eigenvalue weighted by molar-refractivity contribution is 5.79. The molecule has 0 spiro atoms. The first kappa shape index (κ1) is 12.2. The third kappa shape index (κ3) is 3.35. The van der Waals surface area contributed by atoms with Gasteiger partial charge in [0.25, 0.3) is 0 Å². The number of halogens is 1. The molecule has 1 heterocycles. The van der Waals surface area contributed by atoms with Crippen LogP contribution in [0.25, 0.3) is 0 Å². The highest BCUT2D eigenvalue weighted by Gasteiger charge is 1.96. The van der Waals surface area contributed by atoms with E-state index in [-0.39, 0.29) is 5.82 Å². The Bertz CT molecular complexity index is 543. The minimum atomic E-state index is -0.262. The molecule has 0 aliphatic heterocycles. The number of hydrogen-bond donors (Lipinski definition) is 1. The smallest absolute Gasteiger partial charge is 0.150 e. The first-order chi connectivity index (χ1) is 8.63. The van der Waals surface area contributed by atoms with Gasteiger partial charge in [-0.15, -0.1) is 0 Å². The second kappa shape index (κ2) is 5.35. The van der Waals surface area contributed by atoms with Gasteiger partial charge in [-0.3, -0.25) is 5.43 Å². The molecule has 0 atom stereocenters. The van der Waals surface area contributed by atoms with Crippen molar-refractivity contribution >= 4 is 12.0 Å². The third-order valence-electron chi connectivity index (χ3n) is 2.23. The standard InChI is InChI=1S/C13H13FN4/c1-9-7-13(17-10(2)16-9)18-15-8-11-3-5-12(14)6-4-11/h3-8H,1-2H3,(H,16,17,18)/b15-8+. The van der Waals surface area contributed by atoms with Crippen LogP contribution in [0.5, 0.6) is 0 Å². The monoisotopic (exact) mass is 244 g/mol. The average molecular weight is 244 g/mol. The Balaban J connectivity index is 2.04. The Morgan fingerprint density at radius 2 is 1.89 bits per heavy atom. The van der Waals surface area contributed by atoms with E-state index >= 15 is 0 Å². The topological polar surface area (TPSA) is 50.2 Å². The van der Waals surface area contributed by atoms with Crippen LogP contribution in [-0.2, 0) is 0 Å². The van der Waals surface area contributed by atoms with E-state index in [1.54, 1.807) is 24.4 Å². The lowest BCUT2D eigenvalue weighted by atomic mass is 10.2. The van der Waals surface area contributed by atoms with Crippen molar-refractivity contribution in [3.8, 4) is 0 Å². The van der Waals surface area contributed by atoms with E-state index in [1.807, 2.05) is 13.8 Å². The lowest BCUT2D eigenvalue weighted by Gasteiger charge is -2.01. The van der Waals surface area contributed by atoms with Gasteiger partial charge in [0.15, 0.2) is 0 Å². The zero-order chi connectivity index (χ0) is 13.0. The van der Waals surface area contributed by atoms with Crippen LogP contribution in [0, 0.1) is 19.7 Å². The van der Waals surface area contributed by atoms with Gasteiger partial charge in [-0.2, -0.15) is 5.10 Å². The number of benzene rings is 1. The van der Waals surface area contributed by atoms with Crippen molar-refractivity contribution in [2.45, 2.75) is 13.8 Å². The predicted molar refractivity (Wildman–Crippen MR) is 69.1 cm³/mol. The second-order valence-corrected chi connectivity index (χ2v) is 3.86. The molecule has 5 heteroatoms. The number of hydrogen-bond acceptors (Lipinski definition) is 4. The summed E-state index contributed by atoms with van der Waals surface area (Å²) < 4.78 is 12.7. The van der Waals surface area contributed by atoms with Crippen LogP contribution in [0.3, 0.4) is 0 Å². The second-order valence-electron chi connectivity index (χ2n) is 3.86. The SMILES string of the molecule is Cc1cc(N/N=C/c2ccc(F)cc2)nc(C)n1. The fourth-order valence-corrected chi connectivity index (χ4v) is 1.50. The van der Waals surface area contributed by atoms with E-state index in [1.165, 1.54) is 12.1 Å². The normalized spacial score (nSPS) is 10.8. The maximum Gasteiger partial charge on any atom is 0.150 e. The molecule has 2 aromatic rings. The van der Waals surface area contributed by atoms with E-state index < -0.39 is 0 Å². The third-order valence-corrected chi connectivity index (χ3v) is 2.23. The number of aromatic nitrogens is 2. The summed E-state index contributed by atoms with van der Waals surface area (Å²) in [7, 11) is 0. The lowest BCUT2D eigenvalue weighted by molar-refractivity contribution is 0.628. The van der Waals surface area contributed by atoms with Gasteiger partial charge in [-0.05, 0) is 31.5 Å². The summed E-state index contributed by atoms with van der Waals surface area (Å²) >= 11 is 0. The van der Waals surface area contributed by atoms with E-state index in [9.17, 15) is 4.39 Å². The average Bonchev–Trinajstić information content (AvgIpc) is 2.30. The molecule has 0 amide bonds. The summed E-state index contributed by atoms with van der Waals surface area (Å²) in [6.45, 7) is 3.71. The zero-order valence-corrected chi connectivity index (χ0v) is 10.2. The summed E-state index contributed by atoms with van der Waals surface area (Å²) in [6.07, 6.45) is 1.60. The Morgan fingerprint density at radius 3 is 2.56 bits per heavy atom. The van der Waals surface area contributed by atoms with Gasteiger partial charge in [0.2, 0.25) is 0 Å². The van der Waals surface area contributed by atoms with E-state index in [0.717, 1.165) is 11.3 Å². The number of nitrogens with one attached hydrogen (secondary N) is 1. The fourth-order valence-electron chi connectivity index (χ4n) is 1.50. The van der Waals surface area contributed by atoms with Crippen LogP contribution in [0.4, 0.5) is 10.2 Å². The minimum Gasteiger partial charge on any atom is -0.261 e. The molecule has 4 nitrogen and oxygen atoms in total. The quantitative estimate of drug-likeness (QED) is 0.667. The van der Waals surface area contributed by atoms with Crippen molar-refractivity contribution in [3.05, 3.63) is 53.2 Å². The largest absolute Gasteiger partial charge is 0.261 e. The van der Waals surface area contributed by atoms with Gasteiger partial charge in [0.1, 0.15) is 17.5 Å². The van der Waals surface area contributed by atoms with Crippen LogP contribution >= 0.6 is 0 Å². The van der Waals surface area contributed by atoms with Crippen molar-refractivity contribution in [2.75, 3.05) is 5.43 Å². The van der Waals surface area contributed by atoms with Crippen LogP contribution < -0.4 is 5.43 Å². The Hall–Kier alpha value is -2.30. The predicted octanol–water partition coefficient (Wildman–Crippen LogP) is 2.68. The maximum absolute atomic E-state index is 12.7. The molecule has 0 saturated carbocycles. The number of nitrogens with zero attached hydrogens (tertiary/aromatic N) is 3. The molecule has 0 saturated heterocycles. The molecule has 0 fully saturated rings. The van der Waals surface area contributed by atoms with Crippen molar-refractivity contribution in [1.29, 1.82) is 0 Å². The number of anilines is 1. The molecule has 1 aromatic carbocycles. The van der Waals surface area contributed by atoms with E-state index in [0.29, 0.717) is 11.6 Å². The molecule has 92 valence electrons. The minimum absolute atomic E-state index is 0.262.